The van der Waals surface area contributed by atoms with E-state index in [1.54, 1.807) is 0 Å². The van der Waals surface area contributed by atoms with Gasteiger partial charge in [-0.2, -0.15) is 0 Å². The Labute approximate surface area is 348 Å². The topological polar surface area (TPSA) is 8.17 Å². The molecule has 12 aromatic rings. The van der Waals surface area contributed by atoms with Gasteiger partial charge < -0.3 is 9.47 Å². The first kappa shape index (κ1) is 34.1. The number of hydrogen-bond acceptors (Lipinski definition) is 1. The third-order valence-electron chi connectivity index (χ3n) is 12.3. The number of benzene rings is 11. The minimum absolute atomic E-state index is 1.10. The molecule has 0 saturated heterocycles. The van der Waals surface area contributed by atoms with Gasteiger partial charge in [-0.15, -0.1) is 0 Å². The van der Waals surface area contributed by atoms with Gasteiger partial charge in [0.15, 0.2) is 0 Å². The van der Waals surface area contributed by atoms with Gasteiger partial charge in [0.2, 0.25) is 0 Å². The van der Waals surface area contributed by atoms with Crippen molar-refractivity contribution in [1.82, 2.24) is 4.57 Å². The highest BCUT2D eigenvalue weighted by Crippen LogP contribution is 2.47. The SMILES string of the molecule is c1ccc(-n2c3ccccc3c3c(-c4cccc(-c5cccc(N(c6cc7ccccc7c7ccccc67)c6cc7ccccc7c7ccccc67)c5)c4)cccc32)cc1. The highest BCUT2D eigenvalue weighted by Gasteiger charge is 2.22. The zero-order valence-electron chi connectivity index (χ0n) is 32.8. The van der Waals surface area contributed by atoms with E-state index in [1.165, 1.54) is 81.6 Å². The van der Waals surface area contributed by atoms with E-state index in [2.05, 4.69) is 240 Å². The molecular formula is C58H38N2. The van der Waals surface area contributed by atoms with Crippen molar-refractivity contribution >= 4 is 82.0 Å². The second kappa shape index (κ2) is 13.9. The van der Waals surface area contributed by atoms with E-state index in [1.807, 2.05) is 0 Å². The molecule has 0 atom stereocenters. The average Bonchev–Trinajstić information content (AvgIpc) is 3.67. The van der Waals surface area contributed by atoms with Gasteiger partial charge in [-0.1, -0.05) is 176 Å². The van der Waals surface area contributed by atoms with Gasteiger partial charge in [0.25, 0.3) is 0 Å². The van der Waals surface area contributed by atoms with Crippen LogP contribution < -0.4 is 4.90 Å². The molecule has 12 rings (SSSR count). The van der Waals surface area contributed by atoms with Crippen LogP contribution in [0, 0.1) is 0 Å². The van der Waals surface area contributed by atoms with Gasteiger partial charge in [-0.05, 0) is 109 Å². The predicted molar refractivity (Wildman–Crippen MR) is 256 cm³/mol. The van der Waals surface area contributed by atoms with Gasteiger partial charge >= 0.3 is 0 Å². The molecule has 1 heterocycles. The number of para-hydroxylation sites is 2. The molecule has 0 unspecified atom stereocenters. The Morgan fingerprint density at radius 1 is 0.300 bits per heavy atom. The van der Waals surface area contributed by atoms with E-state index in [9.17, 15) is 0 Å². The van der Waals surface area contributed by atoms with Crippen LogP contribution in [0.25, 0.3) is 92.8 Å². The minimum atomic E-state index is 1.10. The zero-order chi connectivity index (χ0) is 39.6. The first-order chi connectivity index (χ1) is 29.8. The molecular weight excluding hydrogens is 725 g/mol. The van der Waals surface area contributed by atoms with E-state index in [4.69, 9.17) is 0 Å². The molecule has 1 aromatic heterocycles. The van der Waals surface area contributed by atoms with Crippen molar-refractivity contribution < 1.29 is 0 Å². The molecule has 0 aliphatic heterocycles. The molecule has 2 heteroatoms. The lowest BCUT2D eigenvalue weighted by Crippen LogP contribution is -2.11. The van der Waals surface area contributed by atoms with E-state index in [-0.39, 0.29) is 0 Å². The second-order valence-electron chi connectivity index (χ2n) is 15.7. The summed E-state index contributed by atoms with van der Waals surface area (Å²) in [4.78, 5) is 2.50. The van der Waals surface area contributed by atoms with Gasteiger partial charge in [0.05, 0.1) is 22.4 Å². The normalized spacial score (nSPS) is 11.7. The average molecular weight is 763 g/mol. The highest BCUT2D eigenvalue weighted by atomic mass is 15.1. The van der Waals surface area contributed by atoms with Crippen LogP contribution in [0.2, 0.25) is 0 Å². The molecule has 0 aliphatic rings. The van der Waals surface area contributed by atoms with Gasteiger partial charge in [0, 0.05) is 32.9 Å². The number of fused-ring (bicyclic) bond motifs is 9. The zero-order valence-corrected chi connectivity index (χ0v) is 32.8. The van der Waals surface area contributed by atoms with Crippen molar-refractivity contribution in [3.63, 3.8) is 0 Å². The summed E-state index contributed by atoms with van der Waals surface area (Å²) in [5.41, 5.74) is 11.7. The predicted octanol–water partition coefficient (Wildman–Crippen LogP) is 16.2. The van der Waals surface area contributed by atoms with E-state index >= 15 is 0 Å². The van der Waals surface area contributed by atoms with Crippen LogP contribution in [-0.2, 0) is 0 Å². The maximum atomic E-state index is 2.50. The molecule has 0 N–H and O–H groups in total. The summed E-state index contributed by atoms with van der Waals surface area (Å²) < 4.78 is 2.39. The van der Waals surface area contributed by atoms with Gasteiger partial charge in [-0.25, -0.2) is 0 Å². The van der Waals surface area contributed by atoms with Crippen LogP contribution in [0.3, 0.4) is 0 Å². The number of aromatic nitrogens is 1. The summed E-state index contributed by atoms with van der Waals surface area (Å²) >= 11 is 0. The molecule has 0 spiro atoms. The van der Waals surface area contributed by atoms with E-state index in [0.29, 0.717) is 0 Å². The summed E-state index contributed by atoms with van der Waals surface area (Å²) in [5, 5.41) is 12.4. The minimum Gasteiger partial charge on any atom is -0.309 e. The smallest absolute Gasteiger partial charge is 0.0547 e. The molecule has 2 nitrogen and oxygen atoms in total. The Kier molecular flexibility index (Phi) is 7.89. The summed E-state index contributed by atoms with van der Waals surface area (Å²) in [6.45, 7) is 0. The molecule has 0 aliphatic carbocycles. The summed E-state index contributed by atoms with van der Waals surface area (Å²) in [7, 11) is 0. The fourth-order valence-corrected chi connectivity index (χ4v) is 9.65. The molecule has 0 radical (unpaired) electrons. The number of anilines is 3. The Morgan fingerprint density at radius 3 is 1.45 bits per heavy atom. The van der Waals surface area contributed by atoms with Crippen molar-refractivity contribution in [1.29, 1.82) is 0 Å². The fourth-order valence-electron chi connectivity index (χ4n) is 9.65. The Bertz CT molecular complexity index is 3500. The van der Waals surface area contributed by atoms with Crippen LogP contribution in [-0.4, -0.2) is 4.57 Å². The lowest BCUT2D eigenvalue weighted by molar-refractivity contribution is 1.18. The van der Waals surface area contributed by atoms with Crippen LogP contribution in [0.5, 0.6) is 0 Å². The molecule has 0 fully saturated rings. The van der Waals surface area contributed by atoms with Crippen LogP contribution in [0.15, 0.2) is 231 Å². The summed E-state index contributed by atoms with van der Waals surface area (Å²) in [6, 6.07) is 84.4. The number of hydrogen-bond donors (Lipinski definition) is 0. The van der Waals surface area contributed by atoms with Gasteiger partial charge in [0.1, 0.15) is 0 Å². The third kappa shape index (κ3) is 5.42. The fraction of sp³-hybridized carbons (Fsp3) is 0. The van der Waals surface area contributed by atoms with Gasteiger partial charge in [-0.3, -0.25) is 0 Å². The molecule has 280 valence electrons. The molecule has 0 amide bonds. The highest BCUT2D eigenvalue weighted by molar-refractivity contribution is 6.19. The van der Waals surface area contributed by atoms with Crippen LogP contribution in [0.4, 0.5) is 17.1 Å². The molecule has 60 heavy (non-hydrogen) atoms. The molecule has 11 aromatic carbocycles. The van der Waals surface area contributed by atoms with Crippen molar-refractivity contribution in [3.8, 4) is 27.9 Å². The number of nitrogens with zero attached hydrogens (tertiary/aromatic N) is 2. The quantitative estimate of drug-likeness (QED) is 0.153. The Hall–Kier alpha value is -7.94. The van der Waals surface area contributed by atoms with Crippen molar-refractivity contribution in [2.24, 2.45) is 0 Å². The van der Waals surface area contributed by atoms with Crippen molar-refractivity contribution in [2.75, 3.05) is 4.90 Å². The lowest BCUT2D eigenvalue weighted by Gasteiger charge is -2.29. The largest absolute Gasteiger partial charge is 0.309 e. The maximum absolute atomic E-state index is 2.50. The van der Waals surface area contributed by atoms with Crippen LogP contribution >= 0.6 is 0 Å². The summed E-state index contributed by atoms with van der Waals surface area (Å²) in [6.07, 6.45) is 0. The Balaban J connectivity index is 1.07. The lowest BCUT2D eigenvalue weighted by atomic mass is 9.95. The summed E-state index contributed by atoms with van der Waals surface area (Å²) in [5.74, 6) is 0. The standard InChI is InChI=1S/C58H38N2/c1-2-22-44(23-3-1)59-54-33-13-12-31-53(54)58-48(32-16-34-55(58)59)41-21-14-19-39(35-41)40-20-15-24-45(36-40)60(56-37-42-17-4-6-25-46(42)49-27-8-10-29-51(49)56)57-38-43-18-5-7-26-47(43)50-28-9-11-30-52(50)57/h1-38H. The first-order valence-corrected chi connectivity index (χ1v) is 20.7. The van der Waals surface area contributed by atoms with E-state index in [0.717, 1.165) is 28.3 Å². The van der Waals surface area contributed by atoms with E-state index < -0.39 is 0 Å². The molecule has 0 bridgehead atoms. The third-order valence-corrected chi connectivity index (χ3v) is 12.3. The first-order valence-electron chi connectivity index (χ1n) is 20.7. The monoisotopic (exact) mass is 762 g/mol. The number of rotatable bonds is 6. The molecule has 0 saturated carbocycles. The van der Waals surface area contributed by atoms with Crippen molar-refractivity contribution in [3.05, 3.63) is 231 Å². The van der Waals surface area contributed by atoms with Crippen LogP contribution in [0.1, 0.15) is 0 Å². The maximum Gasteiger partial charge on any atom is 0.0547 e. The Morgan fingerprint density at radius 2 is 0.783 bits per heavy atom. The second-order valence-corrected chi connectivity index (χ2v) is 15.7. The van der Waals surface area contributed by atoms with Crippen molar-refractivity contribution in [2.45, 2.75) is 0 Å².